The van der Waals surface area contributed by atoms with Gasteiger partial charge in [-0.1, -0.05) is 77.4 Å². The Hall–Kier alpha value is -1.46. The fraction of sp³-hybridized carbons (Fsp3) is 0.806. The van der Waals surface area contributed by atoms with Gasteiger partial charge in [-0.25, -0.2) is 4.79 Å². The highest BCUT2D eigenvalue weighted by Gasteiger charge is 2.65. The van der Waals surface area contributed by atoms with Gasteiger partial charge in [0.15, 0.2) is 5.78 Å². The number of rotatable bonds is 10. The van der Waals surface area contributed by atoms with E-state index in [1.54, 1.807) is 6.08 Å². The van der Waals surface area contributed by atoms with Gasteiger partial charge in [-0.2, -0.15) is 0 Å². The monoisotopic (exact) mass is 500 g/mol. The van der Waals surface area contributed by atoms with E-state index < -0.39 is 23.1 Å². The van der Waals surface area contributed by atoms with Crippen LogP contribution in [-0.2, 0) is 14.3 Å². The average Bonchev–Trinajstić information content (AvgIpc) is 3.06. The fourth-order valence-electron chi connectivity index (χ4n) is 8.29. The predicted octanol–water partition coefficient (Wildman–Crippen LogP) is 6.07. The predicted molar refractivity (Wildman–Crippen MR) is 141 cm³/mol. The van der Waals surface area contributed by atoms with Gasteiger partial charge in [0.25, 0.3) is 0 Å². The molecule has 0 heterocycles. The van der Waals surface area contributed by atoms with Gasteiger partial charge in [-0.3, -0.25) is 4.79 Å². The lowest BCUT2D eigenvalue weighted by atomic mass is 9.46. The van der Waals surface area contributed by atoms with Crippen LogP contribution in [0.1, 0.15) is 111 Å². The van der Waals surface area contributed by atoms with Gasteiger partial charge in [0.05, 0.1) is 18.3 Å². The van der Waals surface area contributed by atoms with Crippen LogP contribution < -0.4 is 0 Å². The molecule has 0 saturated heterocycles. The first-order chi connectivity index (χ1) is 17.0. The minimum Gasteiger partial charge on any atom is -0.462 e. The van der Waals surface area contributed by atoms with Gasteiger partial charge in [-0.05, 0) is 63.4 Å². The van der Waals surface area contributed by atoms with Crippen LogP contribution in [0.4, 0.5) is 0 Å². The maximum absolute atomic E-state index is 13.0. The molecule has 4 rings (SSSR count). The number of hydrogen-bond acceptors (Lipinski definition) is 5. The second-order valence-corrected chi connectivity index (χ2v) is 12.8. The quantitative estimate of drug-likeness (QED) is 0.216. The first-order valence-electron chi connectivity index (χ1n) is 14.6. The van der Waals surface area contributed by atoms with E-state index in [1.165, 1.54) is 32.1 Å². The molecule has 0 amide bonds. The van der Waals surface area contributed by atoms with Crippen LogP contribution in [0.2, 0.25) is 0 Å². The van der Waals surface area contributed by atoms with Gasteiger partial charge < -0.3 is 14.9 Å². The number of carbonyl (C=O) groups is 2. The number of carbonyl (C=O) groups excluding carboxylic acids is 2. The first kappa shape index (κ1) is 27.6. The molecular formula is C31H48O5. The smallest absolute Gasteiger partial charge is 0.341 e. The lowest BCUT2D eigenvalue weighted by Crippen LogP contribution is -2.58. The van der Waals surface area contributed by atoms with E-state index in [0.29, 0.717) is 18.9 Å². The van der Waals surface area contributed by atoms with Crippen molar-refractivity contribution in [3.8, 4) is 0 Å². The molecule has 0 spiro atoms. The highest BCUT2D eigenvalue weighted by atomic mass is 16.5. The SMILES string of the molecule is CCCCCCCCCCOC(=O)C1=C[C@@]2(C)C(=CC1=O)CC[C@@H]1[C@@H]2[C@@H](O)C[C@@]2(C)[C@H]1CC[C@@]2(C)O. The normalized spacial score (nSPS) is 39.6. The van der Waals surface area contributed by atoms with Crippen LogP contribution in [-0.4, -0.2) is 40.3 Å². The minimum absolute atomic E-state index is 0.0620. The lowest BCUT2D eigenvalue weighted by molar-refractivity contribution is -0.158. The van der Waals surface area contributed by atoms with E-state index in [-0.39, 0.29) is 28.6 Å². The molecule has 36 heavy (non-hydrogen) atoms. The summed E-state index contributed by atoms with van der Waals surface area (Å²) in [6, 6.07) is 0. The second kappa shape index (κ2) is 10.7. The molecule has 0 aromatic carbocycles. The minimum atomic E-state index is -0.774. The summed E-state index contributed by atoms with van der Waals surface area (Å²) >= 11 is 0. The van der Waals surface area contributed by atoms with E-state index in [9.17, 15) is 19.8 Å². The Labute approximate surface area is 217 Å². The van der Waals surface area contributed by atoms with Crippen molar-refractivity contribution < 1.29 is 24.5 Å². The highest BCUT2D eigenvalue weighted by Crippen LogP contribution is 2.67. The number of ketones is 1. The number of fused-ring (bicyclic) bond motifs is 5. The van der Waals surface area contributed by atoms with Crippen molar-refractivity contribution in [3.05, 3.63) is 23.3 Å². The fourth-order valence-corrected chi connectivity index (χ4v) is 8.29. The molecule has 7 atom stereocenters. The van der Waals surface area contributed by atoms with E-state index >= 15 is 0 Å². The zero-order chi connectivity index (χ0) is 26.1. The molecular weight excluding hydrogens is 452 g/mol. The maximum Gasteiger partial charge on any atom is 0.341 e. The molecule has 3 fully saturated rings. The number of hydrogen-bond donors (Lipinski definition) is 2. The molecule has 4 aliphatic carbocycles. The molecule has 0 unspecified atom stereocenters. The first-order valence-corrected chi connectivity index (χ1v) is 14.6. The lowest BCUT2D eigenvalue weighted by Gasteiger charge is -2.59. The Balaban J connectivity index is 1.41. The summed E-state index contributed by atoms with van der Waals surface area (Å²) in [5.74, 6) is -0.258. The van der Waals surface area contributed by atoms with Gasteiger partial charge >= 0.3 is 5.97 Å². The number of esters is 1. The summed E-state index contributed by atoms with van der Waals surface area (Å²) in [5, 5.41) is 22.6. The van der Waals surface area contributed by atoms with Crippen molar-refractivity contribution in [2.45, 2.75) is 123 Å². The molecule has 4 aliphatic rings. The molecule has 0 bridgehead atoms. The maximum atomic E-state index is 13.0. The summed E-state index contributed by atoms with van der Waals surface area (Å²) in [6.45, 7) is 8.73. The molecule has 3 saturated carbocycles. The highest BCUT2D eigenvalue weighted by molar-refractivity contribution is 6.22. The Kier molecular flexibility index (Phi) is 8.22. The third-order valence-corrected chi connectivity index (χ3v) is 10.6. The van der Waals surface area contributed by atoms with Crippen molar-refractivity contribution in [1.82, 2.24) is 0 Å². The van der Waals surface area contributed by atoms with Crippen LogP contribution in [0.5, 0.6) is 0 Å². The van der Waals surface area contributed by atoms with Crippen LogP contribution in [0.15, 0.2) is 23.3 Å². The van der Waals surface area contributed by atoms with Crippen molar-refractivity contribution >= 4 is 11.8 Å². The zero-order valence-electron chi connectivity index (χ0n) is 23.0. The molecule has 0 aromatic rings. The Bertz CT molecular complexity index is 901. The van der Waals surface area contributed by atoms with Crippen LogP contribution in [0.3, 0.4) is 0 Å². The third kappa shape index (κ3) is 4.87. The largest absolute Gasteiger partial charge is 0.462 e. The number of aliphatic hydroxyl groups is 2. The van der Waals surface area contributed by atoms with Crippen molar-refractivity contribution in [1.29, 1.82) is 0 Å². The van der Waals surface area contributed by atoms with E-state index in [2.05, 4.69) is 20.8 Å². The molecule has 0 aliphatic heterocycles. The Morgan fingerprint density at radius 1 is 1.06 bits per heavy atom. The molecule has 0 aromatic heterocycles. The van der Waals surface area contributed by atoms with Crippen molar-refractivity contribution in [3.63, 3.8) is 0 Å². The number of ether oxygens (including phenoxy) is 1. The van der Waals surface area contributed by atoms with Crippen LogP contribution in [0.25, 0.3) is 0 Å². The van der Waals surface area contributed by atoms with Gasteiger partial charge in [0, 0.05) is 16.7 Å². The topological polar surface area (TPSA) is 83.8 Å². The number of allylic oxidation sites excluding steroid dienone is 3. The van der Waals surface area contributed by atoms with Gasteiger partial charge in [0.1, 0.15) is 5.57 Å². The van der Waals surface area contributed by atoms with Gasteiger partial charge in [-0.15, -0.1) is 0 Å². The van der Waals surface area contributed by atoms with E-state index in [0.717, 1.165) is 50.5 Å². The van der Waals surface area contributed by atoms with Crippen molar-refractivity contribution in [2.24, 2.45) is 28.6 Å². The van der Waals surface area contributed by atoms with Crippen LogP contribution in [0, 0.1) is 28.6 Å². The molecule has 202 valence electrons. The Morgan fingerprint density at radius 3 is 2.42 bits per heavy atom. The molecule has 5 nitrogen and oxygen atoms in total. The Morgan fingerprint density at radius 2 is 1.72 bits per heavy atom. The third-order valence-electron chi connectivity index (χ3n) is 10.6. The summed E-state index contributed by atoms with van der Waals surface area (Å²) in [6.07, 6.45) is 16.2. The standard InChI is InChI=1S/C31H48O5/c1-5-6-7-8-9-10-11-12-17-36-28(34)23-19-29(2)21(18-25(23)32)13-14-22-24-15-16-31(4,35)30(24,3)20-26(33)27(22)29/h18-19,22,24,26-27,33,35H,5-17,20H2,1-4H3/t22-,24-,26-,27+,29-,30-,31+/m0/s1. The summed E-state index contributed by atoms with van der Waals surface area (Å²) < 4.78 is 5.54. The van der Waals surface area contributed by atoms with E-state index in [4.69, 9.17) is 4.74 Å². The van der Waals surface area contributed by atoms with Gasteiger partial charge in [0.2, 0.25) is 0 Å². The average molecular weight is 501 g/mol. The van der Waals surface area contributed by atoms with Crippen molar-refractivity contribution in [2.75, 3.05) is 6.61 Å². The molecule has 0 radical (unpaired) electrons. The second-order valence-electron chi connectivity index (χ2n) is 12.8. The molecule has 2 N–H and O–H groups in total. The summed E-state index contributed by atoms with van der Waals surface area (Å²) in [7, 11) is 0. The number of aliphatic hydroxyl groups excluding tert-OH is 1. The van der Waals surface area contributed by atoms with Crippen LogP contribution >= 0.6 is 0 Å². The van der Waals surface area contributed by atoms with E-state index in [1.807, 2.05) is 13.0 Å². The number of unbranched alkanes of at least 4 members (excludes halogenated alkanes) is 7. The molecule has 5 heteroatoms. The summed E-state index contributed by atoms with van der Waals surface area (Å²) in [5.41, 5.74) is -0.472. The summed E-state index contributed by atoms with van der Waals surface area (Å²) in [4.78, 5) is 25.9. The zero-order valence-corrected chi connectivity index (χ0v) is 23.0.